The average Bonchev–Trinajstić information content (AvgIpc) is 3.56. The Hall–Kier alpha value is -1.72. The molecule has 0 aliphatic rings. The van der Waals surface area contributed by atoms with Crippen LogP contribution in [-0.4, -0.2) is 51.8 Å². The fourth-order valence-electron chi connectivity index (χ4n) is 5.40. The van der Waals surface area contributed by atoms with Gasteiger partial charge in [-0.25, -0.2) is 0 Å². The van der Waals surface area contributed by atoms with Gasteiger partial charge in [0.25, 0.3) is 0 Å². The van der Waals surface area contributed by atoms with Gasteiger partial charge < -0.3 is 8.97 Å². The van der Waals surface area contributed by atoms with Crippen LogP contribution in [0.2, 0.25) is 13.1 Å². The Bertz CT molecular complexity index is 1760. The Morgan fingerprint density at radius 2 is 0.812 bits per heavy atom. The van der Waals surface area contributed by atoms with E-state index in [-0.39, 0.29) is 0 Å². The first kappa shape index (κ1) is 40.7. The average molecular weight is 818 g/mol. The van der Waals surface area contributed by atoms with Gasteiger partial charge in [0, 0.05) is 9.52 Å². The molecule has 0 aromatic heterocycles. The fraction of sp³-hybridized carbons (Fsp3) is 0.250. The van der Waals surface area contributed by atoms with Crippen molar-refractivity contribution in [3.8, 4) is 22.3 Å². The third-order valence-corrected chi connectivity index (χ3v) is 7.62. The van der Waals surface area contributed by atoms with Gasteiger partial charge in [-0.1, -0.05) is 111 Å². The summed E-state index contributed by atoms with van der Waals surface area (Å²) < 4.78 is 1.67. The molecule has 0 heterocycles. The zero-order valence-electron chi connectivity index (χ0n) is 29.8. The van der Waals surface area contributed by atoms with Crippen LogP contribution in [0.1, 0.15) is 11.1 Å². The minimum atomic E-state index is -3.29. The second kappa shape index (κ2) is 17.5. The molecule has 0 atom stereocenters. The quantitative estimate of drug-likeness (QED) is 0.0944. The molecule has 6 aromatic rings. The topological polar surface area (TPSA) is 0 Å². The Kier molecular flexibility index (Phi) is 14.8. The van der Waals surface area contributed by atoms with Gasteiger partial charge in [0.05, 0.1) is 53.7 Å². The number of aryl methyl sites for hydroxylation is 2. The molecule has 0 aliphatic carbocycles. The molecule has 0 spiro atoms. The minimum absolute atomic E-state index is 0.833. The molecule has 0 bridgehead atoms. The summed E-state index contributed by atoms with van der Waals surface area (Å²) in [6, 6.07) is 39.8. The molecule has 0 aliphatic heterocycles. The Morgan fingerprint density at radius 3 is 1.08 bits per heavy atom. The number of halogens is 4. The van der Waals surface area contributed by atoms with Crippen LogP contribution in [-0.2, 0) is 15.5 Å². The summed E-state index contributed by atoms with van der Waals surface area (Å²) in [4.78, 5) is 0. The maximum atomic E-state index is 5.04. The second-order valence-electron chi connectivity index (χ2n) is 13.7. The van der Waals surface area contributed by atoms with Crippen molar-refractivity contribution in [1.29, 1.82) is 0 Å². The summed E-state index contributed by atoms with van der Waals surface area (Å²) in [6.07, 6.45) is 0. The zero-order chi connectivity index (χ0) is 35.9. The summed E-state index contributed by atoms with van der Waals surface area (Å²) in [5.41, 5.74) is 10.6. The van der Waals surface area contributed by atoms with Gasteiger partial charge in [-0.3, -0.25) is 0 Å². The summed E-state index contributed by atoms with van der Waals surface area (Å²) in [6.45, 7) is 8.64. The van der Waals surface area contributed by atoms with Crippen LogP contribution in [0.5, 0.6) is 0 Å². The Morgan fingerprint density at radius 1 is 0.521 bits per heavy atom. The van der Waals surface area contributed by atoms with Crippen molar-refractivity contribution in [2.75, 3.05) is 42.3 Å². The predicted molar refractivity (Wildman–Crippen MR) is 219 cm³/mol. The molecule has 6 rings (SSSR count). The standard InChI is InChI=1S/2C19H21N.C2H6Si.4ClH.Zr/c2*1-14-10-16-12-17(20(2,3)4)13-19(18(16)11-14)15-8-6-5-7-9-15;1-3-2;;;;;/h2*5-13H,1-4H3;1-2H3;4*1H;/q;;;;;;;+4/p-4. The number of hydrogen-bond acceptors (Lipinski definition) is 0. The molecule has 8 heteroatoms. The molecular weight excluding hydrogens is 770 g/mol. The van der Waals surface area contributed by atoms with Gasteiger partial charge >= 0.3 is 49.5 Å². The van der Waals surface area contributed by atoms with Gasteiger partial charge in [0.15, 0.2) is 0 Å². The van der Waals surface area contributed by atoms with E-state index < -0.39 is 15.5 Å². The molecular formula is C40H48Cl4N2SiZr. The molecule has 2 radical (unpaired) electrons. The van der Waals surface area contributed by atoms with Crippen LogP contribution < -0.4 is 8.97 Å². The van der Waals surface area contributed by atoms with E-state index in [1.54, 1.807) is 0 Å². The molecule has 2 nitrogen and oxygen atoms in total. The predicted octanol–water partition coefficient (Wildman–Crippen LogP) is 13.0. The first-order chi connectivity index (χ1) is 22.3. The van der Waals surface area contributed by atoms with Crippen molar-refractivity contribution in [1.82, 2.24) is 8.97 Å². The first-order valence-corrected chi connectivity index (χ1v) is 30.5. The van der Waals surface area contributed by atoms with Gasteiger partial charge in [-0.05, 0) is 23.3 Å². The zero-order valence-corrected chi connectivity index (χ0v) is 36.3. The number of rotatable bonds is 4. The van der Waals surface area contributed by atoms with Crippen molar-refractivity contribution < 1.29 is 15.5 Å². The number of hydrogen-bond donors (Lipinski definition) is 0. The van der Waals surface area contributed by atoms with Crippen molar-refractivity contribution in [2.45, 2.75) is 26.9 Å². The van der Waals surface area contributed by atoms with Gasteiger partial charge in [0.2, 0.25) is 0 Å². The monoisotopic (exact) mass is 814 g/mol. The van der Waals surface area contributed by atoms with Crippen LogP contribution in [0, 0.1) is 13.8 Å². The SMILES string of the molecule is C[Si]C.Cc1cc2c(-c3ccccc3)cc([N+](C)(C)C)cc2[cH-]1.Cc1cc2c(-c3ccccc3)cc([N+](C)(C)C)cc2[cH-]1.[Cl][Zr]([Cl])([Cl])[Cl]. The fourth-order valence-corrected chi connectivity index (χ4v) is 5.40. The molecule has 0 N–H and O–H groups in total. The molecule has 254 valence electrons. The summed E-state index contributed by atoms with van der Waals surface area (Å²) in [5, 5.41) is 5.38. The van der Waals surface area contributed by atoms with Crippen LogP contribution in [0.15, 0.2) is 109 Å². The van der Waals surface area contributed by atoms with E-state index in [2.05, 4.69) is 178 Å². The number of nitrogens with zero attached hydrogens (tertiary/aromatic N) is 2. The molecule has 0 unspecified atom stereocenters. The van der Waals surface area contributed by atoms with Gasteiger partial charge in [-0.15, -0.1) is 44.8 Å². The molecule has 0 amide bonds. The van der Waals surface area contributed by atoms with Gasteiger partial charge in [0.1, 0.15) is 0 Å². The van der Waals surface area contributed by atoms with E-state index in [1.807, 2.05) is 0 Å². The van der Waals surface area contributed by atoms with Crippen LogP contribution in [0.3, 0.4) is 0 Å². The number of fused-ring (bicyclic) bond motifs is 2. The molecule has 0 fully saturated rings. The molecule has 0 saturated carbocycles. The molecule has 48 heavy (non-hydrogen) atoms. The Balaban J connectivity index is 0.000000214. The normalized spacial score (nSPS) is 11.6. The van der Waals surface area contributed by atoms with E-state index in [1.165, 1.54) is 66.3 Å². The van der Waals surface area contributed by atoms with E-state index in [4.69, 9.17) is 34.1 Å². The number of benzene rings is 4. The van der Waals surface area contributed by atoms with Crippen molar-refractivity contribution in [2.24, 2.45) is 0 Å². The van der Waals surface area contributed by atoms with E-state index >= 15 is 0 Å². The molecule has 6 aromatic carbocycles. The van der Waals surface area contributed by atoms with Gasteiger partial charge in [-0.2, -0.15) is 12.1 Å². The van der Waals surface area contributed by atoms with Crippen molar-refractivity contribution in [3.05, 3.63) is 120 Å². The van der Waals surface area contributed by atoms with Crippen LogP contribution in [0.25, 0.3) is 43.8 Å². The third-order valence-electron chi connectivity index (χ3n) is 7.62. The van der Waals surface area contributed by atoms with E-state index in [0.29, 0.717) is 0 Å². The van der Waals surface area contributed by atoms with Crippen molar-refractivity contribution in [3.63, 3.8) is 0 Å². The van der Waals surface area contributed by atoms with Crippen LogP contribution >= 0.6 is 34.1 Å². The Labute approximate surface area is 310 Å². The summed E-state index contributed by atoms with van der Waals surface area (Å²) in [5.74, 6) is 0. The maximum absolute atomic E-state index is 5.04. The summed E-state index contributed by atoms with van der Waals surface area (Å²) >= 11 is -3.29. The summed E-state index contributed by atoms with van der Waals surface area (Å²) in [7, 11) is 34.5. The van der Waals surface area contributed by atoms with E-state index in [0.717, 1.165) is 18.5 Å². The van der Waals surface area contributed by atoms with Crippen LogP contribution in [0.4, 0.5) is 11.4 Å². The third kappa shape index (κ3) is 12.3. The number of quaternary nitrogens is 2. The second-order valence-corrected chi connectivity index (χ2v) is 37.1. The van der Waals surface area contributed by atoms with Crippen molar-refractivity contribution >= 4 is 76.5 Å². The van der Waals surface area contributed by atoms with E-state index in [9.17, 15) is 0 Å². The first-order valence-electron chi connectivity index (χ1n) is 15.8. The molecule has 0 saturated heterocycles.